The molecule has 0 spiro atoms. The van der Waals surface area contributed by atoms with Crippen molar-refractivity contribution in [3.63, 3.8) is 0 Å². The average Bonchev–Trinajstić information content (AvgIpc) is 3.20. The third-order valence-electron chi connectivity index (χ3n) is 11.4. The minimum absolute atomic E-state index is 0.0450. The van der Waals surface area contributed by atoms with E-state index in [4.69, 9.17) is 6.57 Å². The van der Waals surface area contributed by atoms with Gasteiger partial charge in [0.1, 0.15) is 0 Å². The topological polar surface area (TPSA) is 34.6 Å². The van der Waals surface area contributed by atoms with Crippen LogP contribution in [0.3, 0.4) is 0 Å². The summed E-state index contributed by atoms with van der Waals surface area (Å²) < 4.78 is 0. The van der Waals surface area contributed by atoms with Crippen LogP contribution in [-0.4, -0.2) is 0 Å². The molecule has 0 unspecified atom stereocenters. The highest BCUT2D eigenvalue weighted by atomic mass is 15.2. The van der Waals surface area contributed by atoms with E-state index in [2.05, 4.69) is 152 Å². The first kappa shape index (κ1) is 33.2. The summed E-state index contributed by atoms with van der Waals surface area (Å²) >= 11 is 0. The Labute approximate surface area is 317 Å². The predicted octanol–water partition coefficient (Wildman–Crippen LogP) is 14.3. The summed E-state index contributed by atoms with van der Waals surface area (Å²) in [5.74, 6) is 0.260. The SMILES string of the molecule is [C-]#[N+]c1cccc(N(c2ccccc2)c2cc3c4c(cc5c(N(c6ccccc6)c6cccc(C#N)c6)cc(C(C)C)c6ccc2c4c65)C(C)(C)CC3)c1. The fraction of sp³-hybridized carbons (Fsp3) is 0.160. The fourth-order valence-corrected chi connectivity index (χ4v) is 8.76. The Bertz CT molecular complexity index is 2800. The summed E-state index contributed by atoms with van der Waals surface area (Å²) in [5, 5.41) is 17.6. The number of benzene rings is 8. The van der Waals surface area contributed by atoms with Gasteiger partial charge in [-0.15, -0.1) is 0 Å². The summed E-state index contributed by atoms with van der Waals surface area (Å²) in [6.07, 6.45) is 2.01. The smallest absolute Gasteiger partial charge is 0.189 e. The molecule has 9 rings (SSSR count). The van der Waals surface area contributed by atoms with Crippen LogP contribution in [0.5, 0.6) is 0 Å². The second-order valence-corrected chi connectivity index (χ2v) is 15.5. The zero-order valence-electron chi connectivity index (χ0n) is 31.1. The molecule has 0 aliphatic heterocycles. The van der Waals surface area contributed by atoms with Gasteiger partial charge >= 0.3 is 0 Å². The monoisotopic (exact) mass is 696 g/mol. The third-order valence-corrected chi connectivity index (χ3v) is 11.4. The minimum atomic E-state index is -0.0450. The zero-order valence-corrected chi connectivity index (χ0v) is 31.1. The zero-order chi connectivity index (χ0) is 37.1. The molecule has 0 radical (unpaired) electrons. The lowest BCUT2D eigenvalue weighted by atomic mass is 9.70. The minimum Gasteiger partial charge on any atom is -0.311 e. The summed E-state index contributed by atoms with van der Waals surface area (Å²) in [5.41, 5.74) is 11.5. The predicted molar refractivity (Wildman–Crippen MR) is 226 cm³/mol. The van der Waals surface area contributed by atoms with Crippen molar-refractivity contribution in [3.8, 4) is 6.07 Å². The maximum atomic E-state index is 9.99. The second-order valence-electron chi connectivity index (χ2n) is 15.5. The Morgan fingerprint density at radius 3 is 1.89 bits per heavy atom. The Morgan fingerprint density at radius 2 is 1.24 bits per heavy atom. The first-order chi connectivity index (χ1) is 26.3. The van der Waals surface area contributed by atoms with Gasteiger partial charge in [0, 0.05) is 38.9 Å². The molecule has 4 heteroatoms. The largest absolute Gasteiger partial charge is 0.311 e. The number of hydrogen-bond acceptors (Lipinski definition) is 3. The van der Waals surface area contributed by atoms with Gasteiger partial charge in [-0.1, -0.05) is 94.4 Å². The van der Waals surface area contributed by atoms with Crippen LogP contribution in [0.15, 0.2) is 140 Å². The van der Waals surface area contributed by atoms with Gasteiger partial charge in [-0.25, -0.2) is 4.85 Å². The van der Waals surface area contributed by atoms with E-state index >= 15 is 0 Å². The molecule has 0 saturated carbocycles. The van der Waals surface area contributed by atoms with Crippen molar-refractivity contribution < 1.29 is 0 Å². The molecule has 54 heavy (non-hydrogen) atoms. The van der Waals surface area contributed by atoms with Crippen LogP contribution in [0, 0.1) is 17.9 Å². The molecule has 0 saturated heterocycles. The first-order valence-electron chi connectivity index (χ1n) is 18.8. The number of nitrogens with zero attached hydrogens (tertiary/aromatic N) is 4. The third kappa shape index (κ3) is 5.26. The van der Waals surface area contributed by atoms with Crippen LogP contribution in [-0.2, 0) is 11.8 Å². The Hall–Kier alpha value is -6.62. The molecular weight excluding hydrogens is 657 g/mol. The van der Waals surface area contributed by atoms with E-state index < -0.39 is 0 Å². The molecule has 0 aromatic heterocycles. The van der Waals surface area contributed by atoms with E-state index in [1.165, 1.54) is 49.0 Å². The van der Waals surface area contributed by atoms with Crippen LogP contribution in [0.1, 0.15) is 62.3 Å². The van der Waals surface area contributed by atoms with Gasteiger partial charge in [0.15, 0.2) is 5.69 Å². The number of anilines is 6. The molecule has 0 amide bonds. The summed E-state index contributed by atoms with van der Waals surface area (Å²) in [6.45, 7) is 17.2. The molecule has 0 heterocycles. The Kier molecular flexibility index (Phi) is 7.88. The Balaban J connectivity index is 1.46. The maximum absolute atomic E-state index is 9.99. The van der Waals surface area contributed by atoms with Gasteiger partial charge in [-0.3, -0.25) is 0 Å². The van der Waals surface area contributed by atoms with Crippen molar-refractivity contribution in [1.82, 2.24) is 0 Å². The lowest BCUT2D eigenvalue weighted by Gasteiger charge is -2.37. The number of hydrogen-bond donors (Lipinski definition) is 0. The van der Waals surface area contributed by atoms with Gasteiger partial charge in [0.25, 0.3) is 0 Å². The molecule has 4 nitrogen and oxygen atoms in total. The van der Waals surface area contributed by atoms with Crippen LogP contribution in [0.25, 0.3) is 37.2 Å². The normalized spacial score (nSPS) is 13.3. The first-order valence-corrected chi connectivity index (χ1v) is 18.8. The van der Waals surface area contributed by atoms with Crippen molar-refractivity contribution >= 4 is 72.1 Å². The van der Waals surface area contributed by atoms with E-state index in [0.29, 0.717) is 11.3 Å². The number of para-hydroxylation sites is 2. The van der Waals surface area contributed by atoms with Crippen LogP contribution in [0.2, 0.25) is 0 Å². The highest BCUT2D eigenvalue weighted by Crippen LogP contribution is 2.54. The lowest BCUT2D eigenvalue weighted by Crippen LogP contribution is -2.24. The second kappa shape index (κ2) is 12.8. The van der Waals surface area contributed by atoms with Crippen molar-refractivity contribution in [3.05, 3.63) is 173 Å². The molecule has 0 N–H and O–H groups in total. The molecule has 8 aromatic carbocycles. The standard InChI is InChI=1S/C50H40N4/c1-32(2)42-30-46(53(36-16-8-6-9-17-36)38-20-12-14-33(26-38)31-51)43-29-44-47-34(24-25-50(44,3)4)27-45(41-23-22-40(42)48(43)49(41)47)54(37-18-10-7-11-19-37)39-21-13-15-35(28-39)52-5/h6-23,26-30,32H,24-25H2,1-4H3. The summed E-state index contributed by atoms with van der Waals surface area (Å²) in [7, 11) is 0. The van der Waals surface area contributed by atoms with E-state index in [-0.39, 0.29) is 11.3 Å². The van der Waals surface area contributed by atoms with Gasteiger partial charge in [-0.2, -0.15) is 5.26 Å². The van der Waals surface area contributed by atoms with Crippen molar-refractivity contribution in [2.75, 3.05) is 9.80 Å². The number of aryl methyl sites for hydroxylation is 1. The van der Waals surface area contributed by atoms with Crippen LogP contribution in [0.4, 0.5) is 39.8 Å². The molecule has 1 aliphatic rings. The van der Waals surface area contributed by atoms with E-state index in [1.54, 1.807) is 0 Å². The highest BCUT2D eigenvalue weighted by Gasteiger charge is 2.34. The van der Waals surface area contributed by atoms with Crippen molar-refractivity contribution in [1.29, 1.82) is 5.26 Å². The van der Waals surface area contributed by atoms with Crippen LogP contribution >= 0.6 is 0 Å². The summed E-state index contributed by atoms with van der Waals surface area (Å²) in [6, 6.07) is 51.4. The van der Waals surface area contributed by atoms with E-state index in [1.807, 2.05) is 36.4 Å². The average molecular weight is 697 g/mol. The van der Waals surface area contributed by atoms with Crippen LogP contribution < -0.4 is 9.80 Å². The number of nitriles is 1. The highest BCUT2D eigenvalue weighted by molar-refractivity contribution is 6.30. The van der Waals surface area contributed by atoms with Gasteiger partial charge in [0.2, 0.25) is 0 Å². The molecular formula is C50H40N4. The molecule has 8 aromatic rings. The fourth-order valence-electron chi connectivity index (χ4n) is 8.76. The molecule has 0 atom stereocenters. The van der Waals surface area contributed by atoms with Crippen molar-refractivity contribution in [2.24, 2.45) is 0 Å². The van der Waals surface area contributed by atoms with E-state index in [9.17, 15) is 5.26 Å². The molecule has 0 fully saturated rings. The molecule has 0 bridgehead atoms. The quantitative estimate of drug-likeness (QED) is 0.123. The van der Waals surface area contributed by atoms with Gasteiger partial charge in [-0.05, 0) is 130 Å². The lowest BCUT2D eigenvalue weighted by molar-refractivity contribution is 0.475. The number of rotatable bonds is 7. The molecule has 1 aliphatic carbocycles. The molecule has 260 valence electrons. The van der Waals surface area contributed by atoms with Gasteiger partial charge in [0.05, 0.1) is 29.6 Å². The van der Waals surface area contributed by atoms with Gasteiger partial charge < -0.3 is 9.80 Å². The Morgan fingerprint density at radius 1 is 0.630 bits per heavy atom. The maximum Gasteiger partial charge on any atom is 0.189 e. The summed E-state index contributed by atoms with van der Waals surface area (Å²) in [4.78, 5) is 8.49. The van der Waals surface area contributed by atoms with Crippen molar-refractivity contribution in [2.45, 2.75) is 51.9 Å². The van der Waals surface area contributed by atoms with E-state index in [0.717, 1.165) is 47.0 Å².